The fourth-order valence-corrected chi connectivity index (χ4v) is 5.35. The number of ether oxygens (including phenoxy) is 1. The fraction of sp³-hybridized carbons (Fsp3) is 0.393. The second kappa shape index (κ2) is 10.7. The van der Waals surface area contributed by atoms with Crippen molar-refractivity contribution in [1.82, 2.24) is 29.8 Å². The summed E-state index contributed by atoms with van der Waals surface area (Å²) in [6.07, 6.45) is 3.99. The van der Waals surface area contributed by atoms with E-state index in [0.717, 1.165) is 11.3 Å². The molecule has 2 aliphatic heterocycles. The predicted molar refractivity (Wildman–Crippen MR) is 146 cm³/mol. The monoisotopic (exact) mass is 581 g/mol. The minimum absolute atomic E-state index is 0.0265. The number of hydrogen-bond donors (Lipinski definition) is 3. The zero-order valence-corrected chi connectivity index (χ0v) is 23.0. The normalized spacial score (nSPS) is 18.4. The summed E-state index contributed by atoms with van der Waals surface area (Å²) in [6.45, 7) is 2.67. The van der Waals surface area contributed by atoms with Crippen LogP contribution in [-0.2, 0) is 10.4 Å². The summed E-state index contributed by atoms with van der Waals surface area (Å²) in [6, 6.07) is 2.88. The van der Waals surface area contributed by atoms with Gasteiger partial charge in [0, 0.05) is 62.5 Å². The predicted octanol–water partition coefficient (Wildman–Crippen LogP) is 4.00. The Hall–Kier alpha value is -4.59. The van der Waals surface area contributed by atoms with E-state index in [-0.39, 0.29) is 55.1 Å². The van der Waals surface area contributed by atoms with Crippen LogP contribution in [0.2, 0.25) is 0 Å². The van der Waals surface area contributed by atoms with Gasteiger partial charge in [-0.15, -0.1) is 0 Å². The second-order valence-electron chi connectivity index (χ2n) is 10.5. The molecule has 5 heterocycles. The number of benzene rings is 1. The summed E-state index contributed by atoms with van der Waals surface area (Å²) in [5, 5.41) is 19.5. The van der Waals surface area contributed by atoms with Crippen LogP contribution in [0.15, 0.2) is 35.1 Å². The highest BCUT2D eigenvalue weighted by Crippen LogP contribution is 2.40. The average Bonchev–Trinajstić information content (AvgIpc) is 3.76. The van der Waals surface area contributed by atoms with Crippen molar-refractivity contribution in [3.63, 3.8) is 0 Å². The van der Waals surface area contributed by atoms with Crippen LogP contribution in [0.5, 0.6) is 0 Å². The number of nitrogens with one attached hydrogen (secondary N) is 2. The molecule has 42 heavy (non-hydrogen) atoms. The highest BCUT2D eigenvalue weighted by molar-refractivity contribution is 5.96. The van der Waals surface area contributed by atoms with Crippen molar-refractivity contribution in [1.29, 1.82) is 0 Å². The van der Waals surface area contributed by atoms with Gasteiger partial charge in [-0.25, -0.2) is 28.1 Å². The van der Waals surface area contributed by atoms with Gasteiger partial charge in [0.05, 0.1) is 30.6 Å². The van der Waals surface area contributed by atoms with Crippen LogP contribution in [0.3, 0.4) is 0 Å². The van der Waals surface area contributed by atoms with E-state index in [4.69, 9.17) is 14.1 Å². The number of anilines is 1. The number of oxazole rings is 1. The molecule has 4 aromatic rings. The summed E-state index contributed by atoms with van der Waals surface area (Å²) < 4.78 is 44.1. The maximum Gasteiger partial charge on any atom is 0.407 e. The molecule has 3 aromatic heterocycles. The third-order valence-corrected chi connectivity index (χ3v) is 7.78. The van der Waals surface area contributed by atoms with Gasteiger partial charge in [-0.2, -0.15) is 5.10 Å². The molecule has 1 atom stereocenters. The van der Waals surface area contributed by atoms with E-state index in [2.05, 4.69) is 20.7 Å². The van der Waals surface area contributed by atoms with Crippen molar-refractivity contribution in [2.75, 3.05) is 38.7 Å². The number of nitrogens with zero attached hydrogens (tertiary/aromatic N) is 5. The number of aromatic nitrogens is 4. The molecule has 2 saturated heterocycles. The molecule has 2 fully saturated rings. The molecule has 1 unspecified atom stereocenters. The molecular weight excluding hydrogens is 552 g/mol. The lowest BCUT2D eigenvalue weighted by Gasteiger charge is -2.32. The largest absolute Gasteiger partial charge is 0.465 e. The number of halogens is 2. The van der Waals surface area contributed by atoms with Gasteiger partial charge < -0.3 is 29.8 Å². The molecule has 0 saturated carbocycles. The molecule has 12 nitrogen and oxygen atoms in total. The van der Waals surface area contributed by atoms with E-state index < -0.39 is 17.6 Å². The van der Waals surface area contributed by atoms with E-state index in [0.29, 0.717) is 46.9 Å². The minimum atomic E-state index is -1.92. The number of alkyl halides is 1. The number of hydrogen-bond acceptors (Lipinski definition) is 8. The molecule has 220 valence electrons. The van der Waals surface area contributed by atoms with E-state index >= 15 is 8.78 Å². The molecule has 6 rings (SSSR count). The van der Waals surface area contributed by atoms with E-state index in [1.807, 2.05) is 0 Å². The number of likely N-dealkylation sites (tertiary alicyclic amines) is 1. The van der Waals surface area contributed by atoms with Crippen LogP contribution < -0.4 is 10.6 Å². The Morgan fingerprint density at radius 3 is 2.64 bits per heavy atom. The van der Waals surface area contributed by atoms with Crippen molar-refractivity contribution in [3.05, 3.63) is 53.6 Å². The summed E-state index contributed by atoms with van der Waals surface area (Å²) in [4.78, 5) is 33.8. The summed E-state index contributed by atoms with van der Waals surface area (Å²) >= 11 is 0. The lowest BCUT2D eigenvalue weighted by Crippen LogP contribution is -2.42. The van der Waals surface area contributed by atoms with Gasteiger partial charge in [0.25, 0.3) is 5.91 Å². The standard InChI is InChI=1S/C28H29F2N7O5/c1-15-9-16(25(38)31-2)10-18(22(15)29)19-11-33-37-13-20(23(35-24(19)37)34-17-3-8-41-14-17)21-12-32-26(42-21)28(30)4-6-36(7-5-28)27(39)40/h9-13,17H,3-8,14H2,1-2H3,(H,31,38)(H,34,35)(H,39,40). The number of carbonyl (C=O) groups excluding carboxylic acids is 1. The summed E-state index contributed by atoms with van der Waals surface area (Å²) in [7, 11) is 1.50. The first-order valence-electron chi connectivity index (χ1n) is 13.6. The highest BCUT2D eigenvalue weighted by Gasteiger charge is 2.42. The van der Waals surface area contributed by atoms with Crippen LogP contribution >= 0.6 is 0 Å². The number of piperidine rings is 1. The maximum absolute atomic E-state index is 15.8. The Morgan fingerprint density at radius 1 is 1.17 bits per heavy atom. The molecule has 0 aliphatic carbocycles. The third-order valence-electron chi connectivity index (χ3n) is 7.78. The lowest BCUT2D eigenvalue weighted by molar-refractivity contribution is 0.0350. The summed E-state index contributed by atoms with van der Waals surface area (Å²) in [5.74, 6) is -0.364. The molecule has 2 amide bonds. The first kappa shape index (κ1) is 27.6. The first-order valence-corrected chi connectivity index (χ1v) is 13.6. The van der Waals surface area contributed by atoms with Crippen LogP contribution in [0.1, 0.15) is 41.1 Å². The zero-order chi connectivity index (χ0) is 29.6. The first-order chi connectivity index (χ1) is 20.2. The van der Waals surface area contributed by atoms with Crippen molar-refractivity contribution in [2.24, 2.45) is 0 Å². The molecule has 3 N–H and O–H groups in total. The topological polar surface area (TPSA) is 147 Å². The Kier molecular flexibility index (Phi) is 7.01. The number of aryl methyl sites for hydroxylation is 1. The Bertz CT molecular complexity index is 1670. The smallest absolute Gasteiger partial charge is 0.407 e. The van der Waals surface area contributed by atoms with Gasteiger partial charge >= 0.3 is 6.09 Å². The zero-order valence-electron chi connectivity index (χ0n) is 23.0. The SMILES string of the molecule is CNC(=O)c1cc(C)c(F)c(-c2cnn3cc(-c4cnc(C5(F)CCN(C(=O)O)CC5)o4)c(NC4CCOC4)nc23)c1. The number of fused-ring (bicyclic) bond motifs is 1. The molecule has 14 heteroatoms. The van der Waals surface area contributed by atoms with Gasteiger partial charge in [-0.05, 0) is 31.0 Å². The quantitative estimate of drug-likeness (QED) is 0.307. The van der Waals surface area contributed by atoms with Gasteiger partial charge in [0.15, 0.2) is 17.1 Å². The third kappa shape index (κ3) is 4.91. The van der Waals surface area contributed by atoms with Crippen molar-refractivity contribution in [2.45, 2.75) is 37.9 Å². The van der Waals surface area contributed by atoms with E-state index in [9.17, 15) is 14.7 Å². The Morgan fingerprint density at radius 2 is 1.95 bits per heavy atom. The molecule has 2 aliphatic rings. The van der Waals surface area contributed by atoms with Crippen molar-refractivity contribution >= 4 is 23.5 Å². The van der Waals surface area contributed by atoms with E-state index in [1.54, 1.807) is 13.1 Å². The number of carboxylic acid groups (broad SMARTS) is 1. The van der Waals surface area contributed by atoms with Crippen LogP contribution in [0.25, 0.3) is 28.1 Å². The number of carbonyl (C=O) groups is 2. The Balaban J connectivity index is 1.42. The fourth-order valence-electron chi connectivity index (χ4n) is 5.35. The highest BCUT2D eigenvalue weighted by atomic mass is 19.1. The number of amides is 2. The molecular formula is C28H29F2N7O5. The van der Waals surface area contributed by atoms with Crippen molar-refractivity contribution in [3.8, 4) is 22.5 Å². The van der Waals surface area contributed by atoms with Gasteiger partial charge in [0.1, 0.15) is 11.6 Å². The van der Waals surface area contributed by atoms with Crippen LogP contribution in [0, 0.1) is 12.7 Å². The van der Waals surface area contributed by atoms with Crippen LogP contribution in [-0.4, -0.2) is 81.0 Å². The summed E-state index contributed by atoms with van der Waals surface area (Å²) in [5.41, 5.74) is 0.0104. The lowest BCUT2D eigenvalue weighted by atomic mass is 9.93. The molecule has 0 bridgehead atoms. The maximum atomic E-state index is 15.8. The van der Waals surface area contributed by atoms with E-state index in [1.165, 1.54) is 36.1 Å². The number of rotatable bonds is 6. The van der Waals surface area contributed by atoms with Gasteiger partial charge in [-0.3, -0.25) is 4.79 Å². The minimum Gasteiger partial charge on any atom is -0.465 e. The van der Waals surface area contributed by atoms with Crippen molar-refractivity contribution < 1.29 is 32.6 Å². The molecule has 1 aromatic carbocycles. The second-order valence-corrected chi connectivity index (χ2v) is 10.5. The van der Waals surface area contributed by atoms with Gasteiger partial charge in [-0.1, -0.05) is 0 Å². The van der Waals surface area contributed by atoms with Gasteiger partial charge in [0.2, 0.25) is 5.89 Å². The van der Waals surface area contributed by atoms with Crippen LogP contribution in [0.4, 0.5) is 19.4 Å². The molecule has 0 radical (unpaired) electrons. The Labute approximate surface area is 238 Å². The average molecular weight is 582 g/mol. The molecule has 0 spiro atoms.